The number of benzene rings is 1. The molecule has 132 valence electrons. The molecule has 0 spiro atoms. The Morgan fingerprint density at radius 2 is 2.28 bits per heavy atom. The van der Waals surface area contributed by atoms with Gasteiger partial charge in [-0.3, -0.25) is 0 Å². The van der Waals surface area contributed by atoms with Gasteiger partial charge in [-0.1, -0.05) is 36.1 Å². The van der Waals surface area contributed by atoms with Gasteiger partial charge in [0.2, 0.25) is 5.95 Å². The maximum absolute atomic E-state index is 14.5. The fourth-order valence-electron chi connectivity index (χ4n) is 2.70. The van der Waals surface area contributed by atoms with Gasteiger partial charge in [0.25, 0.3) is 0 Å². The lowest BCUT2D eigenvalue weighted by atomic mass is 9.95. The molecule has 0 radical (unpaired) electrons. The van der Waals surface area contributed by atoms with Gasteiger partial charge in [0.1, 0.15) is 11.9 Å². The van der Waals surface area contributed by atoms with Crippen LogP contribution in [0.4, 0.5) is 10.3 Å². The first-order valence-electron chi connectivity index (χ1n) is 7.91. The van der Waals surface area contributed by atoms with E-state index in [1.165, 1.54) is 16.8 Å². The first-order valence-corrected chi connectivity index (χ1v) is 8.29. The smallest absolute Gasteiger partial charge is 0.338 e. The van der Waals surface area contributed by atoms with Crippen molar-refractivity contribution in [3.63, 3.8) is 0 Å². The molecule has 1 atom stereocenters. The number of nitrogens with one attached hydrogen (secondary N) is 1. The maximum atomic E-state index is 14.5. The third-order valence-electron chi connectivity index (χ3n) is 3.94. The summed E-state index contributed by atoms with van der Waals surface area (Å²) in [5.74, 6) is -0.802. The van der Waals surface area contributed by atoms with Gasteiger partial charge in [0.15, 0.2) is 0 Å². The number of carbonyl (C=O) groups excluding carboxylic acids is 1. The molecule has 1 aromatic heterocycles. The van der Waals surface area contributed by atoms with Crippen molar-refractivity contribution in [2.75, 3.05) is 11.9 Å². The van der Waals surface area contributed by atoms with Crippen LogP contribution in [0.5, 0.6) is 0 Å². The van der Waals surface area contributed by atoms with Gasteiger partial charge < -0.3 is 10.1 Å². The fraction of sp³-hybridized carbons (Fsp3) is 0.375. The van der Waals surface area contributed by atoms with Gasteiger partial charge in [0.05, 0.1) is 12.2 Å². The Morgan fingerprint density at radius 1 is 1.48 bits per heavy atom. The molecule has 3 rings (SSSR count). The lowest BCUT2D eigenvalue weighted by Gasteiger charge is -2.28. The van der Waals surface area contributed by atoms with Crippen LogP contribution in [0.25, 0.3) is 0 Å². The largest absolute Gasteiger partial charge is 0.462 e. The molecule has 0 saturated carbocycles. The maximum Gasteiger partial charge on any atom is 0.338 e. The normalized spacial score (nSPS) is 16.4. The van der Waals surface area contributed by atoms with E-state index < -0.39 is 17.8 Å². The zero-order valence-electron chi connectivity index (χ0n) is 13.8. The van der Waals surface area contributed by atoms with Crippen LogP contribution in [0.15, 0.2) is 29.5 Å². The number of hydrogen-bond acceptors (Lipinski definition) is 6. The number of allylic oxidation sites excluding steroid dienone is 1. The highest BCUT2D eigenvalue weighted by atomic mass is 35.5. The number of rotatable bonds is 5. The van der Waals surface area contributed by atoms with Gasteiger partial charge in [-0.05, 0) is 35.9 Å². The molecule has 1 unspecified atom stereocenters. The van der Waals surface area contributed by atoms with E-state index >= 15 is 0 Å². The zero-order valence-corrected chi connectivity index (χ0v) is 14.5. The fourth-order valence-corrected chi connectivity index (χ4v) is 2.97. The van der Waals surface area contributed by atoms with Gasteiger partial charge in [-0.25, -0.2) is 9.18 Å². The average molecular weight is 366 g/mol. The number of ether oxygens (including phenoxy) is 1. The van der Waals surface area contributed by atoms with Crippen LogP contribution < -0.4 is 5.32 Å². The predicted octanol–water partition coefficient (Wildman–Crippen LogP) is 3.10. The minimum absolute atomic E-state index is 0.126. The van der Waals surface area contributed by atoms with Gasteiger partial charge in [0, 0.05) is 16.3 Å². The summed E-state index contributed by atoms with van der Waals surface area (Å²) < 4.78 is 21.2. The number of unbranched alkanes of at least 4 members (excludes halogenated alkanes) is 1. The number of halogens is 2. The van der Waals surface area contributed by atoms with Gasteiger partial charge in [-0.15, -0.1) is 0 Å². The molecule has 1 aliphatic heterocycles. The molecule has 0 bridgehead atoms. The minimum atomic E-state index is -0.908. The van der Waals surface area contributed by atoms with Crippen LogP contribution in [0.3, 0.4) is 0 Å². The van der Waals surface area contributed by atoms with Crippen LogP contribution in [0.2, 0.25) is 5.02 Å². The first kappa shape index (κ1) is 17.3. The van der Waals surface area contributed by atoms with Crippen molar-refractivity contribution in [3.8, 4) is 0 Å². The zero-order chi connectivity index (χ0) is 18.0. The Bertz CT molecular complexity index is 815. The number of tetrazole rings is 1. The molecule has 25 heavy (non-hydrogen) atoms. The highest BCUT2D eigenvalue weighted by Gasteiger charge is 2.37. The predicted molar refractivity (Wildman–Crippen MR) is 89.6 cm³/mol. The van der Waals surface area contributed by atoms with Gasteiger partial charge >= 0.3 is 5.97 Å². The number of aromatic nitrogens is 4. The number of fused-ring (bicyclic) bond motifs is 1. The quantitative estimate of drug-likeness (QED) is 0.647. The highest BCUT2D eigenvalue weighted by Crippen LogP contribution is 2.39. The minimum Gasteiger partial charge on any atom is -0.462 e. The molecule has 9 heteroatoms. The molecule has 0 amide bonds. The van der Waals surface area contributed by atoms with E-state index in [1.807, 2.05) is 6.92 Å². The molecule has 2 aromatic rings. The summed E-state index contributed by atoms with van der Waals surface area (Å²) in [5.41, 5.74) is 0.844. The highest BCUT2D eigenvalue weighted by molar-refractivity contribution is 6.31. The Kier molecular flexibility index (Phi) is 4.98. The summed E-state index contributed by atoms with van der Waals surface area (Å²) >= 11 is 6.22. The standard InChI is InChI=1S/C16H17ClFN5O2/c1-3-4-8-25-15(24)12-9(2)19-16-20-21-22-23(16)14(12)13-10(17)6-5-7-11(13)18/h5-7,14H,3-4,8H2,1-2H3,(H,19,20,22). The van der Waals surface area contributed by atoms with Crippen molar-refractivity contribution in [2.45, 2.75) is 32.7 Å². The number of nitrogens with zero attached hydrogens (tertiary/aromatic N) is 4. The van der Waals surface area contributed by atoms with Crippen molar-refractivity contribution in [1.82, 2.24) is 20.2 Å². The summed E-state index contributed by atoms with van der Waals surface area (Å²) in [6, 6.07) is 3.43. The number of esters is 1. The van der Waals surface area contributed by atoms with Crippen molar-refractivity contribution in [3.05, 3.63) is 45.9 Å². The Balaban J connectivity index is 2.09. The summed E-state index contributed by atoms with van der Waals surface area (Å²) in [7, 11) is 0. The van der Waals surface area contributed by atoms with E-state index in [0.717, 1.165) is 12.8 Å². The molecule has 0 aliphatic carbocycles. The third-order valence-corrected chi connectivity index (χ3v) is 4.27. The van der Waals surface area contributed by atoms with Crippen molar-refractivity contribution in [1.29, 1.82) is 0 Å². The topological polar surface area (TPSA) is 81.9 Å². The van der Waals surface area contributed by atoms with E-state index in [2.05, 4.69) is 20.8 Å². The van der Waals surface area contributed by atoms with Crippen LogP contribution in [0, 0.1) is 5.82 Å². The van der Waals surface area contributed by atoms with Crippen LogP contribution in [-0.2, 0) is 9.53 Å². The summed E-state index contributed by atoms with van der Waals surface area (Å²) in [4.78, 5) is 12.7. The second kappa shape index (κ2) is 7.18. The van der Waals surface area contributed by atoms with E-state index in [1.54, 1.807) is 13.0 Å². The number of anilines is 1. The van der Waals surface area contributed by atoms with E-state index in [9.17, 15) is 9.18 Å². The molecule has 7 nitrogen and oxygen atoms in total. The Hall–Kier alpha value is -2.48. The SMILES string of the molecule is CCCCOC(=O)C1=C(C)Nc2nnnn2C1c1c(F)cccc1Cl. The lowest BCUT2D eigenvalue weighted by Crippen LogP contribution is -2.30. The monoisotopic (exact) mass is 365 g/mol. The van der Waals surface area contributed by atoms with Crippen LogP contribution >= 0.6 is 11.6 Å². The third kappa shape index (κ3) is 3.21. The second-order valence-electron chi connectivity index (χ2n) is 5.64. The summed E-state index contributed by atoms with van der Waals surface area (Å²) in [5, 5.41) is 14.5. The van der Waals surface area contributed by atoms with Gasteiger partial charge in [-0.2, -0.15) is 4.68 Å². The summed E-state index contributed by atoms with van der Waals surface area (Å²) in [6.45, 7) is 3.97. The van der Waals surface area contributed by atoms with E-state index in [4.69, 9.17) is 16.3 Å². The van der Waals surface area contributed by atoms with Crippen molar-refractivity contribution in [2.24, 2.45) is 0 Å². The summed E-state index contributed by atoms with van der Waals surface area (Å²) in [6.07, 6.45) is 1.63. The Labute approximate surface area is 148 Å². The molecule has 1 N–H and O–H groups in total. The molecular weight excluding hydrogens is 349 g/mol. The average Bonchev–Trinajstić information content (AvgIpc) is 3.02. The molecule has 2 heterocycles. The van der Waals surface area contributed by atoms with Crippen LogP contribution in [0.1, 0.15) is 38.3 Å². The number of hydrogen-bond donors (Lipinski definition) is 1. The number of carbonyl (C=O) groups is 1. The molecule has 1 aliphatic rings. The van der Waals surface area contributed by atoms with Crippen LogP contribution in [-0.4, -0.2) is 32.8 Å². The van der Waals surface area contributed by atoms with Crippen molar-refractivity contribution >= 4 is 23.5 Å². The molecule has 0 saturated heterocycles. The molecule has 1 aromatic carbocycles. The van der Waals surface area contributed by atoms with E-state index in [0.29, 0.717) is 11.6 Å². The molecular formula is C16H17ClFN5O2. The molecule has 0 fully saturated rings. The Morgan fingerprint density at radius 3 is 3.00 bits per heavy atom. The lowest BCUT2D eigenvalue weighted by molar-refractivity contribution is -0.139. The second-order valence-corrected chi connectivity index (χ2v) is 6.05. The van der Waals surface area contributed by atoms with E-state index in [-0.39, 0.29) is 22.8 Å². The van der Waals surface area contributed by atoms with Crippen molar-refractivity contribution < 1.29 is 13.9 Å². The first-order chi connectivity index (χ1) is 12.0.